The van der Waals surface area contributed by atoms with Gasteiger partial charge in [0.05, 0.1) is 7.11 Å². The largest absolute Gasteiger partial charge is 0.497 e. The summed E-state index contributed by atoms with van der Waals surface area (Å²) in [5.41, 5.74) is 1.07. The number of hydrogen-bond donors (Lipinski definition) is 2. The van der Waals surface area contributed by atoms with Gasteiger partial charge in [0.2, 0.25) is 5.91 Å². The third-order valence-electron chi connectivity index (χ3n) is 2.46. The predicted molar refractivity (Wildman–Crippen MR) is 64.4 cm³/mol. The molecule has 0 aromatic heterocycles. The fraction of sp³-hybridized carbons (Fsp3) is 0.273. The maximum Gasteiger partial charge on any atom is 0.249 e. The van der Waals surface area contributed by atoms with Gasteiger partial charge in [-0.15, -0.1) is 0 Å². The Kier molecular flexibility index (Phi) is 3.05. The number of rotatable bonds is 3. The zero-order chi connectivity index (χ0) is 11.5. The van der Waals surface area contributed by atoms with Gasteiger partial charge in [-0.3, -0.25) is 4.79 Å². The molecule has 1 aliphatic rings. The van der Waals surface area contributed by atoms with E-state index in [-0.39, 0.29) is 11.9 Å². The van der Waals surface area contributed by atoms with Crippen LogP contribution in [0.15, 0.2) is 24.3 Å². The Morgan fingerprint density at radius 2 is 2.06 bits per heavy atom. The lowest BCUT2D eigenvalue weighted by Crippen LogP contribution is -2.30. The summed E-state index contributed by atoms with van der Waals surface area (Å²) in [5, 5.41) is 5.89. The molecular formula is C11H12N2O2S. The Balaban J connectivity index is 2.03. The van der Waals surface area contributed by atoms with Gasteiger partial charge in [-0.1, -0.05) is 12.1 Å². The van der Waals surface area contributed by atoms with Crippen LogP contribution >= 0.6 is 12.2 Å². The summed E-state index contributed by atoms with van der Waals surface area (Å²) in [6.07, 6.45) is 0.621. The number of benzene rings is 1. The molecule has 1 aromatic rings. The van der Waals surface area contributed by atoms with Gasteiger partial charge < -0.3 is 15.4 Å². The summed E-state index contributed by atoms with van der Waals surface area (Å²) >= 11 is 4.87. The van der Waals surface area contributed by atoms with Gasteiger partial charge in [-0.2, -0.15) is 0 Å². The smallest absolute Gasteiger partial charge is 0.249 e. The third kappa shape index (κ3) is 2.30. The van der Waals surface area contributed by atoms with E-state index >= 15 is 0 Å². The topological polar surface area (TPSA) is 50.4 Å². The molecule has 1 amide bonds. The van der Waals surface area contributed by atoms with Crippen molar-refractivity contribution in [3.05, 3.63) is 29.8 Å². The molecule has 0 saturated carbocycles. The summed E-state index contributed by atoms with van der Waals surface area (Å²) in [6.45, 7) is 0. The van der Waals surface area contributed by atoms with Crippen LogP contribution in [0.4, 0.5) is 0 Å². The summed E-state index contributed by atoms with van der Waals surface area (Å²) in [4.78, 5) is 11.4. The van der Waals surface area contributed by atoms with E-state index in [9.17, 15) is 4.79 Å². The van der Waals surface area contributed by atoms with Crippen molar-refractivity contribution >= 4 is 23.2 Å². The molecule has 84 valence electrons. The van der Waals surface area contributed by atoms with Crippen molar-refractivity contribution < 1.29 is 9.53 Å². The van der Waals surface area contributed by atoms with Gasteiger partial charge >= 0.3 is 0 Å². The lowest BCUT2D eigenvalue weighted by Gasteiger charge is -2.08. The van der Waals surface area contributed by atoms with Crippen LogP contribution in [0.5, 0.6) is 5.75 Å². The van der Waals surface area contributed by atoms with Crippen molar-refractivity contribution in [2.45, 2.75) is 12.5 Å². The predicted octanol–water partition coefficient (Wildman–Crippen LogP) is 0.611. The summed E-state index contributed by atoms with van der Waals surface area (Å²) in [5.74, 6) is 0.740. The summed E-state index contributed by atoms with van der Waals surface area (Å²) in [7, 11) is 1.62. The lowest BCUT2D eigenvalue weighted by molar-refractivity contribution is -0.120. The number of thiocarbonyl (C=S) groups is 1. The molecule has 1 atom stereocenters. The fourth-order valence-electron chi connectivity index (χ4n) is 1.60. The molecule has 2 rings (SSSR count). The van der Waals surface area contributed by atoms with E-state index in [4.69, 9.17) is 17.0 Å². The van der Waals surface area contributed by atoms with E-state index in [0.29, 0.717) is 11.5 Å². The Morgan fingerprint density at radius 1 is 1.38 bits per heavy atom. The number of ether oxygens (including phenoxy) is 1. The van der Waals surface area contributed by atoms with Crippen LogP contribution in [-0.4, -0.2) is 24.2 Å². The van der Waals surface area contributed by atoms with Crippen LogP contribution in [0, 0.1) is 0 Å². The summed E-state index contributed by atoms with van der Waals surface area (Å²) < 4.78 is 5.06. The molecule has 16 heavy (non-hydrogen) atoms. The molecule has 0 aliphatic carbocycles. The highest BCUT2D eigenvalue weighted by atomic mass is 32.1. The number of carbonyl (C=O) groups excluding carboxylic acids is 1. The van der Waals surface area contributed by atoms with Crippen molar-refractivity contribution in [3.63, 3.8) is 0 Å². The van der Waals surface area contributed by atoms with E-state index in [1.165, 1.54) is 0 Å². The van der Waals surface area contributed by atoms with E-state index in [2.05, 4.69) is 10.6 Å². The Labute approximate surface area is 99.0 Å². The monoisotopic (exact) mass is 236 g/mol. The Morgan fingerprint density at radius 3 is 2.56 bits per heavy atom. The molecule has 1 fully saturated rings. The molecule has 1 aromatic carbocycles. The Bertz CT molecular complexity index is 416. The molecule has 0 unspecified atom stereocenters. The van der Waals surface area contributed by atoms with E-state index in [1.807, 2.05) is 24.3 Å². The van der Waals surface area contributed by atoms with E-state index in [1.54, 1.807) is 7.11 Å². The zero-order valence-electron chi connectivity index (χ0n) is 8.82. The second-order valence-corrected chi connectivity index (χ2v) is 3.98. The van der Waals surface area contributed by atoms with Crippen molar-refractivity contribution in [2.75, 3.05) is 7.11 Å². The molecule has 0 spiro atoms. The molecule has 5 heteroatoms. The van der Waals surface area contributed by atoms with Crippen LogP contribution < -0.4 is 15.4 Å². The minimum absolute atomic E-state index is 0.0687. The van der Waals surface area contributed by atoms with Gasteiger partial charge in [0.1, 0.15) is 11.8 Å². The maximum absolute atomic E-state index is 11.4. The standard InChI is InChI=1S/C11H12N2O2S/c1-15-8-4-2-7(3-5-8)6-9-10(14)13-11(16)12-9/h2-5,9H,6H2,1H3,(H2,12,13,14,16)/t9-/m1/s1. The number of nitrogens with one attached hydrogen (secondary N) is 2. The van der Waals surface area contributed by atoms with Crippen molar-refractivity contribution in [1.29, 1.82) is 0 Å². The van der Waals surface area contributed by atoms with Gasteiger partial charge in [0.25, 0.3) is 0 Å². The van der Waals surface area contributed by atoms with Crippen molar-refractivity contribution in [2.24, 2.45) is 0 Å². The highest BCUT2D eigenvalue weighted by Gasteiger charge is 2.26. The van der Waals surface area contributed by atoms with Gasteiger partial charge in [0, 0.05) is 6.42 Å². The average Bonchev–Trinajstić information content (AvgIpc) is 2.59. The van der Waals surface area contributed by atoms with Gasteiger partial charge in [-0.25, -0.2) is 0 Å². The zero-order valence-corrected chi connectivity index (χ0v) is 9.64. The number of hydrogen-bond acceptors (Lipinski definition) is 3. The quantitative estimate of drug-likeness (QED) is 0.755. The van der Waals surface area contributed by atoms with E-state index in [0.717, 1.165) is 11.3 Å². The van der Waals surface area contributed by atoms with E-state index < -0.39 is 0 Å². The first-order valence-corrected chi connectivity index (χ1v) is 5.34. The minimum Gasteiger partial charge on any atom is -0.497 e. The molecular weight excluding hydrogens is 224 g/mol. The molecule has 1 saturated heterocycles. The fourth-order valence-corrected chi connectivity index (χ4v) is 1.84. The first-order chi connectivity index (χ1) is 7.69. The Hall–Kier alpha value is -1.62. The molecule has 0 bridgehead atoms. The van der Waals surface area contributed by atoms with Crippen LogP contribution in [0.25, 0.3) is 0 Å². The SMILES string of the molecule is COc1ccc(C[C@H]2NC(=S)NC2=O)cc1. The van der Waals surface area contributed by atoms with Crippen LogP contribution in [0.3, 0.4) is 0 Å². The van der Waals surface area contributed by atoms with Gasteiger partial charge in [0.15, 0.2) is 5.11 Å². The number of methoxy groups -OCH3 is 1. The molecule has 4 nitrogen and oxygen atoms in total. The highest BCUT2D eigenvalue weighted by Crippen LogP contribution is 2.13. The third-order valence-corrected chi connectivity index (χ3v) is 2.68. The maximum atomic E-state index is 11.4. The normalized spacial score (nSPS) is 19.2. The number of amides is 1. The molecule has 1 heterocycles. The lowest BCUT2D eigenvalue weighted by atomic mass is 10.1. The van der Waals surface area contributed by atoms with Crippen LogP contribution in [0.2, 0.25) is 0 Å². The average molecular weight is 236 g/mol. The summed E-state index contributed by atoms with van der Waals surface area (Å²) in [6, 6.07) is 7.37. The number of carbonyl (C=O) groups is 1. The molecule has 1 aliphatic heterocycles. The minimum atomic E-state index is -0.263. The first kappa shape index (κ1) is 10.9. The van der Waals surface area contributed by atoms with Gasteiger partial charge in [-0.05, 0) is 29.9 Å². The van der Waals surface area contributed by atoms with Crippen molar-refractivity contribution in [3.8, 4) is 5.75 Å². The second kappa shape index (κ2) is 4.49. The molecule has 0 radical (unpaired) electrons. The molecule has 2 N–H and O–H groups in total. The second-order valence-electron chi connectivity index (χ2n) is 3.57. The highest BCUT2D eigenvalue weighted by molar-refractivity contribution is 7.80. The first-order valence-electron chi connectivity index (χ1n) is 4.93. The van der Waals surface area contributed by atoms with Crippen LogP contribution in [-0.2, 0) is 11.2 Å². The van der Waals surface area contributed by atoms with Crippen LogP contribution in [0.1, 0.15) is 5.56 Å². The van der Waals surface area contributed by atoms with Crippen molar-refractivity contribution in [1.82, 2.24) is 10.6 Å².